The van der Waals surface area contributed by atoms with E-state index in [-0.39, 0.29) is 19.1 Å². The van der Waals surface area contributed by atoms with Gasteiger partial charge in [-0.1, -0.05) is 122 Å². The van der Waals surface area contributed by atoms with Crippen LogP contribution in [0.5, 0.6) is 0 Å². The first-order chi connectivity index (χ1) is 21.5. The van der Waals surface area contributed by atoms with Crippen molar-refractivity contribution in [3.05, 3.63) is 24.3 Å². The Bertz CT molecular complexity index is 799. The summed E-state index contributed by atoms with van der Waals surface area (Å²) in [5, 5.41) is 13.6. The number of rotatable bonds is 32. The van der Waals surface area contributed by atoms with Gasteiger partial charge in [0.25, 0.3) is 7.82 Å². The van der Waals surface area contributed by atoms with Crippen LogP contribution in [0.4, 0.5) is 0 Å². The van der Waals surface area contributed by atoms with Gasteiger partial charge in [-0.25, -0.2) is 0 Å². The number of allylic oxidation sites excluding steroid dienone is 3. The molecule has 0 aromatic rings. The summed E-state index contributed by atoms with van der Waals surface area (Å²) in [5.41, 5.74) is 0. The SMILES string of the molecule is CCCCCC/C=C\CCCCCCCC(=O)NC(COP(=O)([O-])OCC[N+](C)(C)C)C(O)/C=C/CCCCCCCCCC. The van der Waals surface area contributed by atoms with Crippen LogP contribution in [0, 0.1) is 0 Å². The maximum atomic E-state index is 12.7. The quantitative estimate of drug-likeness (QED) is 0.0325. The standard InChI is InChI=1S/C36H71N2O6P/c1-6-8-10-12-14-16-18-19-20-22-24-26-28-30-36(40)37-34(33-44-45(41,42)43-32-31-38(3,4)5)35(39)29-27-25-23-21-17-15-13-11-9-7-2/h16,18,27,29,34-35,39H,6-15,17,19-26,28,30-33H2,1-5H3,(H-,37,40,41,42)/b18-16-,29-27+. The predicted molar refractivity (Wildman–Crippen MR) is 187 cm³/mol. The van der Waals surface area contributed by atoms with Gasteiger partial charge in [0, 0.05) is 6.42 Å². The summed E-state index contributed by atoms with van der Waals surface area (Å²) in [6.07, 6.45) is 30.7. The van der Waals surface area contributed by atoms with E-state index < -0.39 is 20.0 Å². The van der Waals surface area contributed by atoms with Crippen LogP contribution in [-0.4, -0.2) is 68.5 Å². The summed E-state index contributed by atoms with van der Waals surface area (Å²) in [4.78, 5) is 25.1. The lowest BCUT2D eigenvalue weighted by Gasteiger charge is -2.29. The Balaban J connectivity index is 4.58. The lowest BCUT2D eigenvalue weighted by molar-refractivity contribution is -0.870. The second-order valence-corrected chi connectivity index (χ2v) is 15.0. The van der Waals surface area contributed by atoms with Crippen molar-refractivity contribution in [2.75, 3.05) is 40.9 Å². The first-order valence-corrected chi connectivity index (χ1v) is 19.7. The summed E-state index contributed by atoms with van der Waals surface area (Å²) >= 11 is 0. The van der Waals surface area contributed by atoms with Gasteiger partial charge in [-0.3, -0.25) is 9.36 Å². The predicted octanol–water partition coefficient (Wildman–Crippen LogP) is 8.38. The normalized spacial score (nSPS) is 15.1. The minimum Gasteiger partial charge on any atom is -0.756 e. The van der Waals surface area contributed by atoms with E-state index in [2.05, 4.69) is 31.3 Å². The molecule has 45 heavy (non-hydrogen) atoms. The number of nitrogens with zero attached hydrogens (tertiary/aromatic N) is 1. The first-order valence-electron chi connectivity index (χ1n) is 18.2. The van der Waals surface area contributed by atoms with Crippen LogP contribution in [-0.2, 0) is 18.4 Å². The fourth-order valence-electron chi connectivity index (χ4n) is 4.91. The molecule has 266 valence electrons. The molecule has 3 unspecified atom stereocenters. The molecular weight excluding hydrogens is 587 g/mol. The van der Waals surface area contributed by atoms with Crippen molar-refractivity contribution in [2.24, 2.45) is 0 Å². The molecule has 3 atom stereocenters. The van der Waals surface area contributed by atoms with Gasteiger partial charge in [0.1, 0.15) is 13.2 Å². The Morgan fingerprint density at radius 1 is 0.756 bits per heavy atom. The number of quaternary nitrogens is 1. The second-order valence-electron chi connectivity index (χ2n) is 13.6. The zero-order valence-corrected chi connectivity index (χ0v) is 30.7. The molecule has 1 amide bonds. The average molecular weight is 659 g/mol. The van der Waals surface area contributed by atoms with Gasteiger partial charge in [0.2, 0.25) is 5.91 Å². The van der Waals surface area contributed by atoms with Gasteiger partial charge >= 0.3 is 0 Å². The van der Waals surface area contributed by atoms with Crippen LogP contribution in [0.15, 0.2) is 24.3 Å². The van der Waals surface area contributed by atoms with Crippen LogP contribution in [0.1, 0.15) is 149 Å². The van der Waals surface area contributed by atoms with E-state index >= 15 is 0 Å². The lowest BCUT2D eigenvalue weighted by Crippen LogP contribution is -2.45. The van der Waals surface area contributed by atoms with E-state index in [0.717, 1.165) is 51.4 Å². The third-order valence-electron chi connectivity index (χ3n) is 7.91. The van der Waals surface area contributed by atoms with Crippen LogP contribution in [0.2, 0.25) is 0 Å². The van der Waals surface area contributed by atoms with Gasteiger partial charge < -0.3 is 28.8 Å². The van der Waals surface area contributed by atoms with Crippen molar-refractivity contribution in [2.45, 2.75) is 161 Å². The summed E-state index contributed by atoms with van der Waals surface area (Å²) in [6, 6.07) is -0.884. The van der Waals surface area contributed by atoms with Crippen molar-refractivity contribution in [3.8, 4) is 0 Å². The molecule has 0 aromatic carbocycles. The highest BCUT2D eigenvalue weighted by atomic mass is 31.2. The third-order valence-corrected chi connectivity index (χ3v) is 8.87. The Morgan fingerprint density at radius 3 is 1.76 bits per heavy atom. The number of hydrogen-bond acceptors (Lipinski definition) is 6. The second kappa shape index (κ2) is 29.1. The van der Waals surface area contributed by atoms with E-state index in [1.54, 1.807) is 6.08 Å². The van der Waals surface area contributed by atoms with Crippen molar-refractivity contribution in [1.82, 2.24) is 5.32 Å². The van der Waals surface area contributed by atoms with Crippen molar-refractivity contribution < 1.29 is 32.9 Å². The van der Waals surface area contributed by atoms with E-state index in [1.807, 2.05) is 27.2 Å². The number of hydrogen-bond donors (Lipinski definition) is 2. The highest BCUT2D eigenvalue weighted by Crippen LogP contribution is 2.38. The molecule has 0 aromatic heterocycles. The molecule has 0 saturated heterocycles. The topological polar surface area (TPSA) is 108 Å². The van der Waals surface area contributed by atoms with Crippen LogP contribution in [0.3, 0.4) is 0 Å². The highest BCUT2D eigenvalue weighted by Gasteiger charge is 2.23. The Labute approximate surface area is 277 Å². The number of aliphatic hydroxyl groups excluding tert-OH is 1. The largest absolute Gasteiger partial charge is 0.756 e. The number of unbranched alkanes of at least 4 members (excludes halogenated alkanes) is 17. The highest BCUT2D eigenvalue weighted by molar-refractivity contribution is 7.45. The molecular formula is C36H71N2O6P. The van der Waals surface area contributed by atoms with Gasteiger partial charge in [0.15, 0.2) is 0 Å². The van der Waals surface area contributed by atoms with E-state index in [0.29, 0.717) is 17.4 Å². The molecule has 9 heteroatoms. The van der Waals surface area contributed by atoms with Crippen LogP contribution in [0.25, 0.3) is 0 Å². The van der Waals surface area contributed by atoms with Crippen LogP contribution < -0.4 is 10.2 Å². The number of nitrogens with one attached hydrogen (secondary N) is 1. The number of carbonyl (C=O) groups is 1. The zero-order chi connectivity index (χ0) is 33.7. The van der Waals surface area contributed by atoms with Gasteiger partial charge in [0.05, 0.1) is 39.9 Å². The monoisotopic (exact) mass is 659 g/mol. The number of phosphoric ester groups is 1. The van der Waals surface area contributed by atoms with E-state index in [9.17, 15) is 19.4 Å². The molecule has 0 aliphatic carbocycles. The summed E-state index contributed by atoms with van der Waals surface area (Å²) in [6.45, 7) is 4.57. The minimum atomic E-state index is -4.57. The Kier molecular flexibility index (Phi) is 28.5. The minimum absolute atomic E-state index is 0.00228. The number of aliphatic hydroxyl groups is 1. The van der Waals surface area contributed by atoms with Crippen molar-refractivity contribution in [3.63, 3.8) is 0 Å². The molecule has 0 spiro atoms. The van der Waals surface area contributed by atoms with Gasteiger partial charge in [-0.05, 0) is 44.9 Å². The maximum absolute atomic E-state index is 12.7. The Morgan fingerprint density at radius 2 is 1.22 bits per heavy atom. The van der Waals surface area contributed by atoms with Gasteiger partial charge in [-0.2, -0.15) is 0 Å². The molecule has 0 saturated carbocycles. The van der Waals surface area contributed by atoms with E-state index in [4.69, 9.17) is 9.05 Å². The molecule has 8 nitrogen and oxygen atoms in total. The fraction of sp³-hybridized carbons (Fsp3) is 0.861. The molecule has 0 fully saturated rings. The number of amides is 1. The maximum Gasteiger partial charge on any atom is 0.268 e. The molecule has 0 aliphatic heterocycles. The number of likely N-dealkylation sites (N-methyl/N-ethyl adjacent to an activating group) is 1. The lowest BCUT2D eigenvalue weighted by atomic mass is 10.1. The molecule has 0 bridgehead atoms. The zero-order valence-electron chi connectivity index (χ0n) is 29.8. The smallest absolute Gasteiger partial charge is 0.268 e. The van der Waals surface area contributed by atoms with Gasteiger partial charge in [-0.15, -0.1) is 0 Å². The first kappa shape index (κ1) is 44.0. The molecule has 0 aliphatic rings. The summed E-state index contributed by atoms with van der Waals surface area (Å²) < 4.78 is 23.0. The van der Waals surface area contributed by atoms with Crippen molar-refractivity contribution in [1.29, 1.82) is 0 Å². The molecule has 2 N–H and O–H groups in total. The summed E-state index contributed by atoms with van der Waals surface area (Å²) in [7, 11) is 1.25. The number of phosphoric acid groups is 1. The molecule has 0 heterocycles. The van der Waals surface area contributed by atoms with Crippen molar-refractivity contribution >= 4 is 13.7 Å². The Hall–Kier alpha value is -1.02. The van der Waals surface area contributed by atoms with E-state index in [1.165, 1.54) is 77.0 Å². The average Bonchev–Trinajstić information content (AvgIpc) is 2.97. The summed E-state index contributed by atoms with van der Waals surface area (Å²) in [5.74, 6) is -0.211. The fourth-order valence-corrected chi connectivity index (χ4v) is 5.63. The third kappa shape index (κ3) is 31.4. The van der Waals surface area contributed by atoms with Crippen LogP contribution >= 0.6 is 7.82 Å². The molecule has 0 rings (SSSR count). The number of carbonyl (C=O) groups excluding carboxylic acids is 1. The molecule has 0 radical (unpaired) electrons.